The number of carbonyl (C=O) groups is 1. The number of hydrogen-bond acceptors (Lipinski definition) is 4. The van der Waals surface area contributed by atoms with E-state index in [1.165, 1.54) is 6.42 Å². The third-order valence-corrected chi connectivity index (χ3v) is 5.95. The number of carbonyl (C=O) groups excluding carboxylic acids is 1. The van der Waals surface area contributed by atoms with Crippen LogP contribution in [-0.2, 0) is 0 Å². The summed E-state index contributed by atoms with van der Waals surface area (Å²) < 4.78 is 1.87. The van der Waals surface area contributed by atoms with Crippen LogP contribution in [0.15, 0.2) is 41.6 Å². The van der Waals surface area contributed by atoms with Crippen LogP contribution in [0.25, 0.3) is 6.08 Å². The maximum absolute atomic E-state index is 12.7. The molecular weight excluding hydrogens is 386 g/mol. The Bertz CT molecular complexity index is 844. The molecule has 2 saturated heterocycles. The molecular formula is C22H28ClN5O. The van der Waals surface area contributed by atoms with Gasteiger partial charge in [-0.3, -0.25) is 9.69 Å². The number of rotatable bonds is 5. The number of amides is 1. The van der Waals surface area contributed by atoms with Crippen molar-refractivity contribution in [1.82, 2.24) is 24.8 Å². The van der Waals surface area contributed by atoms with Gasteiger partial charge in [0, 0.05) is 31.2 Å². The van der Waals surface area contributed by atoms with Gasteiger partial charge in [0.2, 0.25) is 0 Å². The largest absolute Gasteiger partial charge is 0.337 e. The molecule has 0 N–H and O–H groups in total. The first-order valence-electron chi connectivity index (χ1n) is 10.5. The fourth-order valence-corrected chi connectivity index (χ4v) is 4.49. The maximum Gasteiger partial charge on any atom is 0.276 e. The number of halogens is 1. The molecule has 7 heteroatoms. The van der Waals surface area contributed by atoms with E-state index in [1.807, 2.05) is 40.1 Å². The molecule has 0 bridgehead atoms. The van der Waals surface area contributed by atoms with Crippen molar-refractivity contribution in [1.29, 1.82) is 0 Å². The van der Waals surface area contributed by atoms with Crippen LogP contribution >= 0.6 is 11.6 Å². The summed E-state index contributed by atoms with van der Waals surface area (Å²) in [6, 6.07) is 10.4. The van der Waals surface area contributed by atoms with Gasteiger partial charge in [-0.2, -0.15) is 0 Å². The van der Waals surface area contributed by atoms with E-state index in [-0.39, 0.29) is 11.9 Å². The Hall–Kier alpha value is -2.18. The summed E-state index contributed by atoms with van der Waals surface area (Å²) >= 11 is 6.51. The van der Waals surface area contributed by atoms with Crippen molar-refractivity contribution in [2.45, 2.75) is 38.1 Å². The van der Waals surface area contributed by atoms with Gasteiger partial charge >= 0.3 is 0 Å². The number of aromatic nitrogens is 3. The summed E-state index contributed by atoms with van der Waals surface area (Å²) in [6.07, 6.45) is 9.33. The summed E-state index contributed by atoms with van der Waals surface area (Å²) in [6.45, 7) is 4.26. The van der Waals surface area contributed by atoms with Gasteiger partial charge in [-0.05, 0) is 50.3 Å². The molecule has 2 fully saturated rings. The van der Waals surface area contributed by atoms with Gasteiger partial charge in [0.15, 0.2) is 5.69 Å². The van der Waals surface area contributed by atoms with Crippen LogP contribution < -0.4 is 0 Å². The van der Waals surface area contributed by atoms with Gasteiger partial charge in [-0.15, -0.1) is 5.10 Å². The van der Waals surface area contributed by atoms with Crippen molar-refractivity contribution >= 4 is 23.6 Å². The van der Waals surface area contributed by atoms with Crippen molar-refractivity contribution < 1.29 is 4.79 Å². The van der Waals surface area contributed by atoms with E-state index >= 15 is 0 Å². The van der Waals surface area contributed by atoms with Gasteiger partial charge < -0.3 is 4.90 Å². The first-order chi connectivity index (χ1) is 14.2. The number of nitrogens with zero attached hydrogens (tertiary/aromatic N) is 5. The summed E-state index contributed by atoms with van der Waals surface area (Å²) in [4.78, 5) is 16.9. The molecule has 2 aliphatic heterocycles. The van der Waals surface area contributed by atoms with Crippen molar-refractivity contribution in [3.8, 4) is 0 Å². The molecule has 3 heterocycles. The SMILES string of the molecule is O=C(c1cn(C2CCCN(C/C(Cl)=C/c3ccccc3)C2)nn1)N1CCCCC1. The minimum absolute atomic E-state index is 0.0115. The number of piperidine rings is 2. The van der Waals surface area contributed by atoms with E-state index in [4.69, 9.17) is 11.6 Å². The van der Waals surface area contributed by atoms with Crippen LogP contribution in [0.2, 0.25) is 0 Å². The first kappa shape index (κ1) is 20.1. The molecule has 29 heavy (non-hydrogen) atoms. The van der Waals surface area contributed by atoms with Crippen LogP contribution in [0.5, 0.6) is 0 Å². The zero-order chi connectivity index (χ0) is 20.1. The van der Waals surface area contributed by atoms with Crippen LogP contribution in [0.1, 0.15) is 54.2 Å². The Morgan fingerprint density at radius 2 is 1.90 bits per heavy atom. The average molecular weight is 414 g/mol. The molecule has 2 aromatic rings. The molecule has 4 rings (SSSR count). The minimum Gasteiger partial charge on any atom is -0.337 e. The zero-order valence-corrected chi connectivity index (χ0v) is 17.5. The first-order valence-corrected chi connectivity index (χ1v) is 10.9. The number of hydrogen-bond donors (Lipinski definition) is 0. The second-order valence-electron chi connectivity index (χ2n) is 7.97. The van der Waals surface area contributed by atoms with Crippen molar-refractivity contribution in [2.75, 3.05) is 32.7 Å². The smallest absolute Gasteiger partial charge is 0.276 e. The highest BCUT2D eigenvalue weighted by molar-refractivity contribution is 6.31. The topological polar surface area (TPSA) is 54.3 Å². The highest BCUT2D eigenvalue weighted by Gasteiger charge is 2.25. The quantitative estimate of drug-likeness (QED) is 0.747. The molecule has 1 unspecified atom stereocenters. The summed E-state index contributed by atoms with van der Waals surface area (Å²) in [7, 11) is 0. The number of likely N-dealkylation sites (tertiary alicyclic amines) is 2. The van der Waals surface area contributed by atoms with E-state index < -0.39 is 0 Å². The molecule has 0 aliphatic carbocycles. The maximum atomic E-state index is 12.7. The lowest BCUT2D eigenvalue weighted by molar-refractivity contribution is 0.0718. The molecule has 1 atom stereocenters. The molecule has 154 valence electrons. The van der Waals surface area contributed by atoms with Gasteiger partial charge in [0.05, 0.1) is 12.2 Å². The monoisotopic (exact) mass is 413 g/mol. The highest BCUT2D eigenvalue weighted by Crippen LogP contribution is 2.23. The second-order valence-corrected chi connectivity index (χ2v) is 8.46. The lowest BCUT2D eigenvalue weighted by Gasteiger charge is -2.32. The van der Waals surface area contributed by atoms with E-state index in [1.54, 1.807) is 0 Å². The average Bonchev–Trinajstić information content (AvgIpc) is 3.25. The summed E-state index contributed by atoms with van der Waals surface area (Å²) in [5.41, 5.74) is 1.58. The molecule has 1 aromatic heterocycles. The van der Waals surface area contributed by atoms with Crippen molar-refractivity contribution in [3.05, 3.63) is 52.8 Å². The van der Waals surface area contributed by atoms with Crippen molar-refractivity contribution in [2.24, 2.45) is 0 Å². The van der Waals surface area contributed by atoms with E-state index in [9.17, 15) is 4.79 Å². The predicted molar refractivity (Wildman–Crippen MR) is 115 cm³/mol. The Kier molecular flexibility index (Phi) is 6.62. The fraction of sp³-hybridized carbons (Fsp3) is 0.500. The summed E-state index contributed by atoms with van der Waals surface area (Å²) in [5, 5.41) is 9.29. The zero-order valence-electron chi connectivity index (χ0n) is 16.7. The van der Waals surface area contributed by atoms with Gasteiger partial charge in [-0.1, -0.05) is 47.1 Å². The van der Waals surface area contributed by atoms with E-state index in [0.29, 0.717) is 5.69 Å². The van der Waals surface area contributed by atoms with Crippen molar-refractivity contribution in [3.63, 3.8) is 0 Å². The Balaban J connectivity index is 1.36. The van der Waals surface area contributed by atoms with Crippen LogP contribution in [0.4, 0.5) is 0 Å². The Labute approximate surface area is 177 Å². The molecule has 1 aromatic carbocycles. The summed E-state index contributed by atoms with van der Waals surface area (Å²) in [5.74, 6) is 0.0115. The number of benzene rings is 1. The fourth-order valence-electron chi connectivity index (χ4n) is 4.19. The van der Waals surface area contributed by atoms with Gasteiger partial charge in [0.1, 0.15) is 0 Å². The van der Waals surface area contributed by atoms with Crippen LogP contribution in [-0.4, -0.2) is 63.4 Å². The second kappa shape index (κ2) is 9.55. The highest BCUT2D eigenvalue weighted by atomic mass is 35.5. The Morgan fingerprint density at radius 1 is 1.10 bits per heavy atom. The third-order valence-electron chi connectivity index (χ3n) is 5.72. The van der Waals surface area contributed by atoms with E-state index in [2.05, 4.69) is 27.3 Å². The molecule has 0 radical (unpaired) electrons. The normalized spacial score (nSPS) is 21.3. The molecule has 6 nitrogen and oxygen atoms in total. The van der Waals surface area contributed by atoms with Crippen LogP contribution in [0.3, 0.4) is 0 Å². The van der Waals surface area contributed by atoms with Gasteiger partial charge in [-0.25, -0.2) is 4.68 Å². The van der Waals surface area contributed by atoms with Gasteiger partial charge in [0.25, 0.3) is 5.91 Å². The third kappa shape index (κ3) is 5.25. The molecule has 2 aliphatic rings. The Morgan fingerprint density at radius 3 is 2.69 bits per heavy atom. The predicted octanol–water partition coefficient (Wildman–Crippen LogP) is 3.82. The molecule has 0 spiro atoms. The molecule has 1 amide bonds. The van der Waals surface area contributed by atoms with E-state index in [0.717, 1.165) is 69.0 Å². The minimum atomic E-state index is 0.0115. The lowest BCUT2D eigenvalue weighted by atomic mass is 10.1. The van der Waals surface area contributed by atoms with Crippen LogP contribution in [0, 0.1) is 0 Å². The standard InChI is InChI=1S/C22H28ClN5O/c23-19(14-18-8-3-1-4-9-18)15-26-11-7-10-20(16-26)28-17-21(24-25-28)22(29)27-12-5-2-6-13-27/h1,3-4,8-9,14,17,20H,2,5-7,10-13,15-16H2/b19-14-. The lowest BCUT2D eigenvalue weighted by Crippen LogP contribution is -2.37. The molecule has 0 saturated carbocycles.